The summed E-state index contributed by atoms with van der Waals surface area (Å²) in [6.07, 6.45) is -0.228. The molecule has 1 aromatic rings. The fourth-order valence-corrected chi connectivity index (χ4v) is 1.97. The predicted molar refractivity (Wildman–Crippen MR) is 65.3 cm³/mol. The molecule has 1 aliphatic heterocycles. The molecule has 1 unspecified atom stereocenters. The summed E-state index contributed by atoms with van der Waals surface area (Å²) in [5, 5.41) is 26.6. The average Bonchev–Trinajstić information content (AvgIpc) is 2.41. The highest BCUT2D eigenvalue weighted by Crippen LogP contribution is 2.22. The van der Waals surface area contributed by atoms with Crippen molar-refractivity contribution in [3.05, 3.63) is 16.8 Å². The minimum atomic E-state index is -0.228. The van der Waals surface area contributed by atoms with Gasteiger partial charge in [0.15, 0.2) is 5.82 Å². The van der Waals surface area contributed by atoms with Gasteiger partial charge in [0.25, 0.3) is 0 Å². The number of rotatable bonds is 2. The quantitative estimate of drug-likeness (QED) is 0.803. The summed E-state index contributed by atoms with van der Waals surface area (Å²) in [5.41, 5.74) is 2.18. The van der Waals surface area contributed by atoms with Crippen LogP contribution in [0.3, 0.4) is 0 Å². The Morgan fingerprint density at radius 1 is 1.50 bits per heavy atom. The minimum Gasteiger partial charge on any atom is -0.394 e. The molecule has 0 aromatic carbocycles. The monoisotopic (exact) mass is 248 g/mol. The smallest absolute Gasteiger partial charge is 0.169 e. The van der Waals surface area contributed by atoms with Crippen LogP contribution in [0.5, 0.6) is 0 Å². The van der Waals surface area contributed by atoms with Crippen LogP contribution in [0.4, 0.5) is 5.82 Å². The maximum Gasteiger partial charge on any atom is 0.169 e. The van der Waals surface area contributed by atoms with E-state index in [-0.39, 0.29) is 12.7 Å². The van der Waals surface area contributed by atoms with Crippen molar-refractivity contribution in [2.75, 3.05) is 31.2 Å². The van der Waals surface area contributed by atoms with E-state index < -0.39 is 0 Å². The van der Waals surface area contributed by atoms with E-state index in [4.69, 9.17) is 9.84 Å². The molecule has 6 nitrogen and oxygen atoms in total. The van der Waals surface area contributed by atoms with Crippen LogP contribution >= 0.6 is 0 Å². The fraction of sp³-hybridized carbons (Fsp3) is 0.583. The second-order valence-corrected chi connectivity index (χ2v) is 4.34. The van der Waals surface area contributed by atoms with E-state index in [1.807, 2.05) is 18.7 Å². The number of nitriles is 1. The van der Waals surface area contributed by atoms with Gasteiger partial charge < -0.3 is 14.7 Å². The molecule has 0 aliphatic carbocycles. The maximum absolute atomic E-state index is 9.25. The number of aliphatic hydroxyl groups excluding tert-OH is 1. The summed E-state index contributed by atoms with van der Waals surface area (Å²) in [6.45, 7) is 5.38. The fourth-order valence-electron chi connectivity index (χ4n) is 1.97. The molecule has 1 aromatic heterocycles. The Labute approximate surface area is 106 Å². The van der Waals surface area contributed by atoms with Crippen LogP contribution < -0.4 is 4.90 Å². The molecule has 1 N–H and O–H groups in total. The van der Waals surface area contributed by atoms with Crippen molar-refractivity contribution in [1.82, 2.24) is 10.2 Å². The second-order valence-electron chi connectivity index (χ2n) is 4.34. The van der Waals surface area contributed by atoms with Crippen molar-refractivity contribution >= 4 is 5.82 Å². The topological polar surface area (TPSA) is 82.3 Å². The number of anilines is 1. The van der Waals surface area contributed by atoms with Crippen LogP contribution in [0.25, 0.3) is 0 Å². The number of aromatic nitrogens is 2. The first kappa shape index (κ1) is 12.7. The molecule has 1 atom stereocenters. The summed E-state index contributed by atoms with van der Waals surface area (Å²) in [4.78, 5) is 1.95. The van der Waals surface area contributed by atoms with E-state index >= 15 is 0 Å². The number of morpholine rings is 1. The molecular weight excluding hydrogens is 232 g/mol. The standard InChI is InChI=1S/C12H16N4O2/c1-8-9(2)14-15-12(11(8)5-13)16-3-4-18-10(6-16)7-17/h10,17H,3-4,6-7H2,1-2H3. The molecule has 18 heavy (non-hydrogen) atoms. The van der Waals surface area contributed by atoms with Gasteiger partial charge >= 0.3 is 0 Å². The van der Waals surface area contributed by atoms with Crippen LogP contribution in [0, 0.1) is 25.2 Å². The molecular formula is C12H16N4O2. The Bertz CT molecular complexity index is 484. The lowest BCUT2D eigenvalue weighted by Gasteiger charge is -2.33. The molecule has 6 heteroatoms. The number of aliphatic hydroxyl groups is 1. The first-order chi connectivity index (χ1) is 8.67. The van der Waals surface area contributed by atoms with Crippen LogP contribution in [0.1, 0.15) is 16.8 Å². The van der Waals surface area contributed by atoms with Crippen LogP contribution in [-0.2, 0) is 4.74 Å². The van der Waals surface area contributed by atoms with Gasteiger partial charge in [0.2, 0.25) is 0 Å². The molecule has 0 spiro atoms. The van der Waals surface area contributed by atoms with Crippen molar-refractivity contribution in [1.29, 1.82) is 5.26 Å². The Balaban J connectivity index is 2.33. The van der Waals surface area contributed by atoms with Crippen LogP contribution in [0.2, 0.25) is 0 Å². The number of aryl methyl sites for hydroxylation is 1. The normalized spacial score (nSPS) is 19.7. The lowest BCUT2D eigenvalue weighted by atomic mass is 10.1. The van der Waals surface area contributed by atoms with Gasteiger partial charge in [-0.25, -0.2) is 0 Å². The third-order valence-corrected chi connectivity index (χ3v) is 3.19. The highest BCUT2D eigenvalue weighted by atomic mass is 16.5. The molecule has 2 rings (SSSR count). The lowest BCUT2D eigenvalue weighted by molar-refractivity contribution is 0.00330. The lowest BCUT2D eigenvalue weighted by Crippen LogP contribution is -2.45. The zero-order chi connectivity index (χ0) is 13.1. The van der Waals surface area contributed by atoms with E-state index in [1.54, 1.807) is 0 Å². The largest absolute Gasteiger partial charge is 0.394 e. The minimum absolute atomic E-state index is 0.0311. The first-order valence-corrected chi connectivity index (χ1v) is 5.88. The highest BCUT2D eigenvalue weighted by molar-refractivity contribution is 5.57. The third-order valence-electron chi connectivity index (χ3n) is 3.19. The van der Waals surface area contributed by atoms with E-state index in [1.165, 1.54) is 0 Å². The van der Waals surface area contributed by atoms with Gasteiger partial charge in [-0.05, 0) is 19.4 Å². The molecule has 1 aliphatic rings. The molecule has 1 fully saturated rings. The summed E-state index contributed by atoms with van der Waals surface area (Å²) in [7, 11) is 0. The maximum atomic E-state index is 9.25. The van der Waals surface area contributed by atoms with Crippen molar-refractivity contribution in [3.63, 3.8) is 0 Å². The Kier molecular flexibility index (Phi) is 3.75. The zero-order valence-electron chi connectivity index (χ0n) is 10.6. The average molecular weight is 248 g/mol. The van der Waals surface area contributed by atoms with Gasteiger partial charge in [0, 0.05) is 13.1 Å². The second kappa shape index (κ2) is 5.29. The van der Waals surface area contributed by atoms with Crippen molar-refractivity contribution < 1.29 is 9.84 Å². The van der Waals surface area contributed by atoms with Gasteiger partial charge in [-0.3, -0.25) is 0 Å². The SMILES string of the molecule is Cc1nnc(N2CCOC(CO)C2)c(C#N)c1C. The molecule has 0 amide bonds. The molecule has 0 saturated carbocycles. The Hall–Kier alpha value is -1.71. The summed E-state index contributed by atoms with van der Waals surface area (Å²) in [6, 6.07) is 2.19. The van der Waals surface area contributed by atoms with Crippen molar-refractivity contribution in [2.24, 2.45) is 0 Å². The molecule has 0 bridgehead atoms. The number of hydrogen-bond acceptors (Lipinski definition) is 6. The molecule has 0 radical (unpaired) electrons. The Morgan fingerprint density at radius 2 is 2.28 bits per heavy atom. The first-order valence-electron chi connectivity index (χ1n) is 5.88. The summed E-state index contributed by atoms with van der Waals surface area (Å²) < 4.78 is 5.38. The number of ether oxygens (including phenoxy) is 1. The van der Waals surface area contributed by atoms with Crippen LogP contribution in [-0.4, -0.2) is 47.7 Å². The number of hydrogen-bond donors (Lipinski definition) is 1. The van der Waals surface area contributed by atoms with Gasteiger partial charge in [0.05, 0.1) is 25.0 Å². The molecule has 1 saturated heterocycles. The van der Waals surface area contributed by atoms with E-state index in [0.717, 1.165) is 11.3 Å². The predicted octanol–water partition coefficient (Wildman–Crippen LogP) is 0.163. The third kappa shape index (κ3) is 2.28. The van der Waals surface area contributed by atoms with Gasteiger partial charge in [-0.2, -0.15) is 10.4 Å². The van der Waals surface area contributed by atoms with E-state index in [0.29, 0.717) is 31.1 Å². The number of nitrogens with zero attached hydrogens (tertiary/aromatic N) is 4. The summed E-state index contributed by atoms with van der Waals surface area (Å²) in [5.74, 6) is 0.586. The summed E-state index contributed by atoms with van der Waals surface area (Å²) >= 11 is 0. The van der Waals surface area contributed by atoms with Crippen molar-refractivity contribution in [2.45, 2.75) is 20.0 Å². The van der Waals surface area contributed by atoms with E-state index in [2.05, 4.69) is 16.3 Å². The molecule has 96 valence electrons. The highest BCUT2D eigenvalue weighted by Gasteiger charge is 2.24. The zero-order valence-corrected chi connectivity index (χ0v) is 10.6. The van der Waals surface area contributed by atoms with E-state index in [9.17, 15) is 5.26 Å². The van der Waals surface area contributed by atoms with Gasteiger partial charge in [0.1, 0.15) is 11.6 Å². The molecule has 2 heterocycles. The van der Waals surface area contributed by atoms with Crippen LogP contribution in [0.15, 0.2) is 0 Å². The van der Waals surface area contributed by atoms with Gasteiger partial charge in [-0.1, -0.05) is 0 Å². The van der Waals surface area contributed by atoms with Crippen molar-refractivity contribution in [3.8, 4) is 6.07 Å². The Morgan fingerprint density at radius 3 is 2.94 bits per heavy atom. The van der Waals surface area contributed by atoms with Gasteiger partial charge in [-0.15, -0.1) is 5.10 Å².